The van der Waals surface area contributed by atoms with Crippen molar-refractivity contribution in [3.8, 4) is 0 Å². The topological polar surface area (TPSA) is 15.3 Å². The molecule has 0 aromatic carbocycles. The molecule has 0 heterocycles. The largest absolute Gasteiger partial charge is 0.313 e. The molecule has 2 rings (SSSR count). The van der Waals surface area contributed by atoms with Gasteiger partial charge in [-0.3, -0.25) is 0 Å². The molecule has 0 radical (unpaired) electrons. The van der Waals surface area contributed by atoms with Crippen molar-refractivity contribution in [3.05, 3.63) is 0 Å². The van der Waals surface area contributed by atoms with Gasteiger partial charge in [-0.25, -0.2) is 0 Å². The van der Waals surface area contributed by atoms with Gasteiger partial charge in [-0.15, -0.1) is 0 Å². The van der Waals surface area contributed by atoms with Gasteiger partial charge in [-0.2, -0.15) is 0 Å². The number of likely N-dealkylation sites (N-methyl/N-ethyl adjacent to an activating group) is 1. The molecular formula is C13H26N2. The van der Waals surface area contributed by atoms with E-state index in [2.05, 4.69) is 17.3 Å². The van der Waals surface area contributed by atoms with E-state index >= 15 is 0 Å². The minimum Gasteiger partial charge on any atom is -0.313 e. The van der Waals surface area contributed by atoms with Crippen LogP contribution < -0.4 is 5.32 Å². The maximum atomic E-state index is 3.68. The van der Waals surface area contributed by atoms with Crippen LogP contribution in [0.2, 0.25) is 0 Å². The van der Waals surface area contributed by atoms with E-state index in [1.54, 1.807) is 0 Å². The minimum absolute atomic E-state index is 0.835. The molecule has 15 heavy (non-hydrogen) atoms. The first kappa shape index (κ1) is 11.4. The summed E-state index contributed by atoms with van der Waals surface area (Å²) >= 11 is 0. The summed E-state index contributed by atoms with van der Waals surface area (Å²) in [7, 11) is 2.27. The van der Waals surface area contributed by atoms with Gasteiger partial charge in [-0.1, -0.05) is 19.3 Å². The molecule has 0 bridgehead atoms. The molecule has 0 aliphatic heterocycles. The first-order chi connectivity index (χ1) is 7.34. The summed E-state index contributed by atoms with van der Waals surface area (Å²) in [5.74, 6) is 1.02. The zero-order chi connectivity index (χ0) is 10.5. The van der Waals surface area contributed by atoms with Crippen LogP contribution in [0.3, 0.4) is 0 Å². The van der Waals surface area contributed by atoms with Crippen LogP contribution in [0.1, 0.15) is 44.9 Å². The smallest absolute Gasteiger partial charge is 0.0104 e. The highest BCUT2D eigenvalue weighted by molar-refractivity contribution is 4.75. The molecule has 0 aromatic rings. The van der Waals surface area contributed by atoms with Crippen LogP contribution >= 0.6 is 0 Å². The predicted octanol–water partition coefficient (Wildman–Crippen LogP) is 2.25. The Balaban J connectivity index is 1.48. The molecule has 0 atom stereocenters. The van der Waals surface area contributed by atoms with Crippen molar-refractivity contribution >= 4 is 0 Å². The van der Waals surface area contributed by atoms with Gasteiger partial charge in [0.05, 0.1) is 0 Å². The average molecular weight is 210 g/mol. The Morgan fingerprint density at radius 3 is 2.40 bits per heavy atom. The molecule has 0 saturated heterocycles. The Bertz CT molecular complexity index is 171. The minimum atomic E-state index is 0.835. The van der Waals surface area contributed by atoms with Gasteiger partial charge in [0.25, 0.3) is 0 Å². The second-order valence-corrected chi connectivity index (χ2v) is 5.49. The molecule has 2 heteroatoms. The molecule has 0 aromatic heterocycles. The lowest BCUT2D eigenvalue weighted by atomic mass is 9.85. The molecule has 2 nitrogen and oxygen atoms in total. The number of rotatable bonds is 6. The monoisotopic (exact) mass is 210 g/mol. The van der Waals surface area contributed by atoms with Crippen LogP contribution in [0.25, 0.3) is 0 Å². The van der Waals surface area contributed by atoms with E-state index in [0.717, 1.165) is 12.0 Å². The Kier molecular flexibility index (Phi) is 4.45. The van der Waals surface area contributed by atoms with Gasteiger partial charge in [0.2, 0.25) is 0 Å². The van der Waals surface area contributed by atoms with E-state index in [0.29, 0.717) is 0 Å². The zero-order valence-electron chi connectivity index (χ0n) is 10.2. The first-order valence-corrected chi connectivity index (χ1v) is 6.76. The van der Waals surface area contributed by atoms with Gasteiger partial charge in [-0.05, 0) is 38.6 Å². The summed E-state index contributed by atoms with van der Waals surface area (Å²) in [5.41, 5.74) is 0. The molecular weight excluding hydrogens is 184 g/mol. The third kappa shape index (κ3) is 3.76. The summed E-state index contributed by atoms with van der Waals surface area (Å²) in [6.45, 7) is 3.74. The normalized spacial score (nSPS) is 23.6. The molecule has 2 aliphatic rings. The maximum Gasteiger partial charge on any atom is 0.0104 e. The maximum absolute atomic E-state index is 3.68. The van der Waals surface area contributed by atoms with E-state index in [-0.39, 0.29) is 0 Å². The number of hydrogen-bond acceptors (Lipinski definition) is 2. The van der Waals surface area contributed by atoms with E-state index in [1.807, 2.05) is 0 Å². The van der Waals surface area contributed by atoms with Crippen molar-refractivity contribution in [1.82, 2.24) is 10.2 Å². The SMILES string of the molecule is CN(CCNC1CCCC1)CC1CCC1. The first-order valence-electron chi connectivity index (χ1n) is 6.76. The van der Waals surface area contributed by atoms with E-state index in [9.17, 15) is 0 Å². The Labute approximate surface area is 94.4 Å². The van der Waals surface area contributed by atoms with Crippen molar-refractivity contribution in [2.75, 3.05) is 26.7 Å². The Hall–Kier alpha value is -0.0800. The highest BCUT2D eigenvalue weighted by atomic mass is 15.1. The van der Waals surface area contributed by atoms with E-state index in [1.165, 1.54) is 64.6 Å². The summed E-state index contributed by atoms with van der Waals surface area (Å²) in [5, 5.41) is 3.68. The lowest BCUT2D eigenvalue weighted by molar-refractivity contribution is 0.204. The average Bonchev–Trinajstić information content (AvgIpc) is 2.64. The van der Waals surface area contributed by atoms with Crippen molar-refractivity contribution < 1.29 is 0 Å². The summed E-state index contributed by atoms with van der Waals surface area (Å²) < 4.78 is 0. The second kappa shape index (κ2) is 5.86. The Morgan fingerprint density at radius 2 is 1.80 bits per heavy atom. The van der Waals surface area contributed by atoms with Crippen molar-refractivity contribution in [2.24, 2.45) is 5.92 Å². The Morgan fingerprint density at radius 1 is 1.07 bits per heavy atom. The van der Waals surface area contributed by atoms with Gasteiger partial charge >= 0.3 is 0 Å². The molecule has 0 unspecified atom stereocenters. The second-order valence-electron chi connectivity index (χ2n) is 5.49. The van der Waals surface area contributed by atoms with Gasteiger partial charge < -0.3 is 10.2 Å². The number of nitrogens with one attached hydrogen (secondary N) is 1. The molecule has 2 fully saturated rings. The van der Waals surface area contributed by atoms with Crippen molar-refractivity contribution in [2.45, 2.75) is 51.0 Å². The standard InChI is InChI=1S/C13H26N2/c1-15(11-12-5-4-6-12)10-9-14-13-7-2-3-8-13/h12-14H,2-11H2,1H3. The highest BCUT2D eigenvalue weighted by Crippen LogP contribution is 2.26. The summed E-state index contributed by atoms with van der Waals surface area (Å²) in [6.07, 6.45) is 10.1. The van der Waals surface area contributed by atoms with Crippen LogP contribution in [0.5, 0.6) is 0 Å². The quantitative estimate of drug-likeness (QED) is 0.723. The van der Waals surface area contributed by atoms with Crippen molar-refractivity contribution in [3.63, 3.8) is 0 Å². The third-order valence-electron chi connectivity index (χ3n) is 4.08. The fourth-order valence-electron chi connectivity index (χ4n) is 2.80. The lowest BCUT2D eigenvalue weighted by Gasteiger charge is -2.30. The predicted molar refractivity (Wildman–Crippen MR) is 65.1 cm³/mol. The molecule has 0 amide bonds. The number of nitrogens with zero attached hydrogens (tertiary/aromatic N) is 1. The third-order valence-corrected chi connectivity index (χ3v) is 4.08. The van der Waals surface area contributed by atoms with Gasteiger partial charge in [0, 0.05) is 25.7 Å². The molecule has 2 aliphatic carbocycles. The van der Waals surface area contributed by atoms with Crippen LogP contribution in [0.15, 0.2) is 0 Å². The van der Waals surface area contributed by atoms with Crippen LogP contribution in [-0.2, 0) is 0 Å². The van der Waals surface area contributed by atoms with Gasteiger partial charge in [0.15, 0.2) is 0 Å². The van der Waals surface area contributed by atoms with E-state index < -0.39 is 0 Å². The van der Waals surface area contributed by atoms with Crippen LogP contribution in [0, 0.1) is 5.92 Å². The number of hydrogen-bond donors (Lipinski definition) is 1. The zero-order valence-corrected chi connectivity index (χ0v) is 10.2. The summed E-state index contributed by atoms with van der Waals surface area (Å²) in [6, 6.07) is 0.835. The lowest BCUT2D eigenvalue weighted by Crippen LogP contribution is -2.37. The van der Waals surface area contributed by atoms with E-state index in [4.69, 9.17) is 0 Å². The molecule has 1 N–H and O–H groups in total. The summed E-state index contributed by atoms with van der Waals surface area (Å²) in [4.78, 5) is 2.51. The highest BCUT2D eigenvalue weighted by Gasteiger charge is 2.19. The molecule has 0 spiro atoms. The van der Waals surface area contributed by atoms with Crippen molar-refractivity contribution in [1.29, 1.82) is 0 Å². The fourth-order valence-corrected chi connectivity index (χ4v) is 2.80. The van der Waals surface area contributed by atoms with Crippen LogP contribution in [-0.4, -0.2) is 37.6 Å². The molecule has 88 valence electrons. The van der Waals surface area contributed by atoms with Crippen LogP contribution in [0.4, 0.5) is 0 Å². The molecule has 2 saturated carbocycles. The van der Waals surface area contributed by atoms with Gasteiger partial charge in [0.1, 0.15) is 0 Å². The fraction of sp³-hybridized carbons (Fsp3) is 1.00.